The molecular weight excluding hydrogens is 231 g/mol. The summed E-state index contributed by atoms with van der Waals surface area (Å²) in [5.74, 6) is -0.292. The molecule has 0 radical (unpaired) electrons. The molecule has 3 nitrogen and oxygen atoms in total. The van der Waals surface area contributed by atoms with E-state index in [9.17, 15) is 9.18 Å². The number of anilines is 1. The minimum absolute atomic E-state index is 0.117. The van der Waals surface area contributed by atoms with Crippen LogP contribution < -0.4 is 10.2 Å². The van der Waals surface area contributed by atoms with E-state index >= 15 is 0 Å². The molecule has 0 unspecified atom stereocenters. The molecule has 0 aliphatic heterocycles. The molecule has 0 spiro atoms. The molecule has 2 rings (SSSR count). The van der Waals surface area contributed by atoms with Gasteiger partial charge in [0.1, 0.15) is 5.82 Å². The predicted molar refractivity (Wildman–Crippen MR) is 70.2 cm³/mol. The van der Waals surface area contributed by atoms with Gasteiger partial charge in [-0.3, -0.25) is 4.90 Å². The highest BCUT2D eigenvalue weighted by atomic mass is 19.1. The third-order valence-corrected chi connectivity index (χ3v) is 3.45. The number of amides is 2. The summed E-state index contributed by atoms with van der Waals surface area (Å²) < 4.78 is 12.8. The second-order valence-corrected chi connectivity index (χ2v) is 4.82. The molecule has 0 saturated heterocycles. The van der Waals surface area contributed by atoms with Gasteiger partial charge >= 0.3 is 6.03 Å². The number of nitrogens with zero attached hydrogens (tertiary/aromatic N) is 1. The fraction of sp³-hybridized carbons (Fsp3) is 0.500. The first-order chi connectivity index (χ1) is 8.66. The minimum Gasteiger partial charge on any atom is -0.335 e. The molecule has 0 atom stereocenters. The zero-order chi connectivity index (χ0) is 13.0. The van der Waals surface area contributed by atoms with E-state index in [1.807, 2.05) is 0 Å². The van der Waals surface area contributed by atoms with Crippen molar-refractivity contribution in [3.8, 4) is 0 Å². The van der Waals surface area contributed by atoms with Crippen molar-refractivity contribution in [3.05, 3.63) is 30.1 Å². The van der Waals surface area contributed by atoms with Gasteiger partial charge in [0, 0.05) is 18.8 Å². The van der Waals surface area contributed by atoms with Crippen molar-refractivity contribution < 1.29 is 9.18 Å². The first kappa shape index (κ1) is 12.9. The van der Waals surface area contributed by atoms with Crippen molar-refractivity contribution in [2.24, 2.45) is 0 Å². The van der Waals surface area contributed by atoms with E-state index in [0.29, 0.717) is 5.69 Å². The number of rotatable bonds is 2. The van der Waals surface area contributed by atoms with Crippen molar-refractivity contribution in [1.82, 2.24) is 5.32 Å². The van der Waals surface area contributed by atoms with Crippen LogP contribution in [0, 0.1) is 5.82 Å². The van der Waals surface area contributed by atoms with E-state index in [2.05, 4.69) is 5.32 Å². The molecule has 98 valence electrons. The van der Waals surface area contributed by atoms with Crippen molar-refractivity contribution >= 4 is 11.7 Å². The first-order valence-corrected chi connectivity index (χ1v) is 6.46. The summed E-state index contributed by atoms with van der Waals surface area (Å²) in [6, 6.07) is 6.10. The number of benzene rings is 1. The molecule has 0 heterocycles. The molecule has 1 N–H and O–H groups in total. The summed E-state index contributed by atoms with van der Waals surface area (Å²) in [5.41, 5.74) is 0.699. The maximum absolute atomic E-state index is 12.8. The number of nitrogens with one attached hydrogen (secondary N) is 1. The third kappa shape index (κ3) is 3.22. The second-order valence-electron chi connectivity index (χ2n) is 4.82. The highest BCUT2D eigenvalue weighted by Crippen LogP contribution is 2.18. The first-order valence-electron chi connectivity index (χ1n) is 6.46. The lowest BCUT2D eigenvalue weighted by atomic mass is 9.96. The number of halogens is 1. The molecule has 1 aromatic carbocycles. The Hall–Kier alpha value is -1.58. The Labute approximate surface area is 107 Å². The average molecular weight is 250 g/mol. The maximum atomic E-state index is 12.8. The van der Waals surface area contributed by atoms with E-state index in [1.165, 1.54) is 36.3 Å². The Bertz CT molecular complexity index is 399. The van der Waals surface area contributed by atoms with Gasteiger partial charge in [-0.2, -0.15) is 0 Å². The Balaban J connectivity index is 1.93. The third-order valence-electron chi connectivity index (χ3n) is 3.45. The molecule has 1 fully saturated rings. The van der Waals surface area contributed by atoms with Gasteiger partial charge < -0.3 is 5.32 Å². The van der Waals surface area contributed by atoms with Gasteiger partial charge in [-0.15, -0.1) is 0 Å². The monoisotopic (exact) mass is 250 g/mol. The molecular formula is C14H19FN2O. The number of hydrogen-bond donors (Lipinski definition) is 1. The fourth-order valence-corrected chi connectivity index (χ4v) is 2.30. The van der Waals surface area contributed by atoms with Gasteiger partial charge in [0.2, 0.25) is 0 Å². The highest BCUT2D eigenvalue weighted by Gasteiger charge is 2.18. The molecule has 4 heteroatoms. The quantitative estimate of drug-likeness (QED) is 0.858. The van der Waals surface area contributed by atoms with E-state index in [-0.39, 0.29) is 17.9 Å². The summed E-state index contributed by atoms with van der Waals surface area (Å²) in [5, 5.41) is 3.02. The van der Waals surface area contributed by atoms with Gasteiger partial charge in [-0.1, -0.05) is 19.3 Å². The Morgan fingerprint density at radius 3 is 2.44 bits per heavy atom. The molecule has 1 aliphatic carbocycles. The number of urea groups is 1. The Morgan fingerprint density at radius 1 is 1.22 bits per heavy atom. The minimum atomic E-state index is -0.292. The van der Waals surface area contributed by atoms with Crippen molar-refractivity contribution in [3.63, 3.8) is 0 Å². The van der Waals surface area contributed by atoms with E-state index in [1.54, 1.807) is 19.2 Å². The zero-order valence-corrected chi connectivity index (χ0v) is 10.7. The molecule has 1 aromatic rings. The van der Waals surface area contributed by atoms with Crippen LogP contribution in [0.3, 0.4) is 0 Å². The van der Waals surface area contributed by atoms with Crippen molar-refractivity contribution in [1.29, 1.82) is 0 Å². The SMILES string of the molecule is CN(C(=O)NC1CCCCC1)c1ccc(F)cc1. The normalized spacial score (nSPS) is 16.3. The largest absolute Gasteiger partial charge is 0.335 e. The van der Waals surface area contributed by atoms with Crippen LogP contribution in [-0.2, 0) is 0 Å². The molecule has 1 saturated carbocycles. The standard InChI is InChI=1S/C14H19FN2O/c1-17(13-9-7-11(15)8-10-13)14(18)16-12-5-3-2-4-6-12/h7-10,12H,2-6H2,1H3,(H,16,18). The summed E-state index contributed by atoms with van der Waals surface area (Å²) in [6.07, 6.45) is 5.75. The van der Waals surface area contributed by atoms with Gasteiger partial charge in [0.05, 0.1) is 0 Å². The van der Waals surface area contributed by atoms with E-state index in [0.717, 1.165) is 12.8 Å². The van der Waals surface area contributed by atoms with Gasteiger partial charge in [0.25, 0.3) is 0 Å². The van der Waals surface area contributed by atoms with Crippen LogP contribution in [0.4, 0.5) is 14.9 Å². The van der Waals surface area contributed by atoms with Crippen LogP contribution in [0.2, 0.25) is 0 Å². The van der Waals surface area contributed by atoms with Crippen LogP contribution in [0.1, 0.15) is 32.1 Å². The van der Waals surface area contributed by atoms with E-state index in [4.69, 9.17) is 0 Å². The highest BCUT2D eigenvalue weighted by molar-refractivity contribution is 5.91. The smallest absolute Gasteiger partial charge is 0.321 e. The van der Waals surface area contributed by atoms with Crippen LogP contribution in [-0.4, -0.2) is 19.1 Å². The van der Waals surface area contributed by atoms with Crippen molar-refractivity contribution in [2.75, 3.05) is 11.9 Å². The predicted octanol–water partition coefficient (Wildman–Crippen LogP) is 3.30. The van der Waals surface area contributed by atoms with Gasteiger partial charge in [-0.25, -0.2) is 9.18 Å². The summed E-state index contributed by atoms with van der Waals surface area (Å²) in [6.45, 7) is 0. The van der Waals surface area contributed by atoms with Crippen LogP contribution in [0.15, 0.2) is 24.3 Å². The van der Waals surface area contributed by atoms with Gasteiger partial charge in [-0.05, 0) is 37.1 Å². The second kappa shape index (κ2) is 5.85. The number of hydrogen-bond acceptors (Lipinski definition) is 1. The Kier molecular flexibility index (Phi) is 4.18. The maximum Gasteiger partial charge on any atom is 0.321 e. The van der Waals surface area contributed by atoms with Crippen LogP contribution >= 0.6 is 0 Å². The summed E-state index contributed by atoms with van der Waals surface area (Å²) in [7, 11) is 1.70. The molecule has 1 aliphatic rings. The number of carbonyl (C=O) groups is 1. The lowest BCUT2D eigenvalue weighted by Gasteiger charge is -2.26. The lowest BCUT2D eigenvalue weighted by molar-refractivity contribution is 0.239. The van der Waals surface area contributed by atoms with Crippen LogP contribution in [0.25, 0.3) is 0 Å². The van der Waals surface area contributed by atoms with E-state index < -0.39 is 0 Å². The van der Waals surface area contributed by atoms with Crippen molar-refractivity contribution in [2.45, 2.75) is 38.1 Å². The summed E-state index contributed by atoms with van der Waals surface area (Å²) in [4.78, 5) is 13.5. The summed E-state index contributed by atoms with van der Waals surface area (Å²) >= 11 is 0. The Morgan fingerprint density at radius 2 is 1.83 bits per heavy atom. The molecule has 2 amide bonds. The zero-order valence-electron chi connectivity index (χ0n) is 10.7. The lowest BCUT2D eigenvalue weighted by Crippen LogP contribution is -2.43. The van der Waals surface area contributed by atoms with Gasteiger partial charge in [0.15, 0.2) is 0 Å². The molecule has 0 aromatic heterocycles. The average Bonchev–Trinajstić information content (AvgIpc) is 2.40. The van der Waals surface area contributed by atoms with Crippen LogP contribution in [0.5, 0.6) is 0 Å². The molecule has 18 heavy (non-hydrogen) atoms. The number of carbonyl (C=O) groups excluding carboxylic acids is 1. The fourth-order valence-electron chi connectivity index (χ4n) is 2.30. The topological polar surface area (TPSA) is 32.3 Å². The molecule has 0 bridgehead atoms.